The number of carbonyl (C=O) groups is 3. The molecule has 2 rings (SSSR count). The summed E-state index contributed by atoms with van der Waals surface area (Å²) in [7, 11) is 0. The number of imide groups is 1. The zero-order valence-electron chi connectivity index (χ0n) is 13.9. The van der Waals surface area contributed by atoms with Crippen molar-refractivity contribution in [2.45, 2.75) is 18.1 Å². The van der Waals surface area contributed by atoms with Crippen LogP contribution in [0, 0.1) is 5.21 Å². The van der Waals surface area contributed by atoms with Crippen molar-refractivity contribution in [2.75, 3.05) is 11.1 Å². The molecular formula is C17H17N3O5S. The quantitative estimate of drug-likeness (QED) is 0.344. The minimum Gasteiger partial charge on any atom is -0.618 e. The average Bonchev–Trinajstić information content (AvgIpc) is 2.61. The number of hydrogen-bond acceptors (Lipinski definition) is 6. The lowest BCUT2D eigenvalue weighted by atomic mass is 10.3. The maximum absolute atomic E-state index is 11.9. The molecule has 136 valence electrons. The van der Waals surface area contributed by atoms with E-state index >= 15 is 0 Å². The number of ether oxygens (including phenoxy) is 1. The van der Waals surface area contributed by atoms with Crippen molar-refractivity contribution in [1.29, 1.82) is 0 Å². The van der Waals surface area contributed by atoms with E-state index in [1.54, 1.807) is 48.5 Å². The van der Waals surface area contributed by atoms with Gasteiger partial charge in [-0.1, -0.05) is 18.2 Å². The van der Waals surface area contributed by atoms with Crippen LogP contribution in [0.2, 0.25) is 0 Å². The molecular weight excluding hydrogens is 358 g/mol. The van der Waals surface area contributed by atoms with E-state index in [2.05, 4.69) is 10.6 Å². The Morgan fingerprint density at radius 1 is 1.15 bits per heavy atom. The van der Waals surface area contributed by atoms with Crippen LogP contribution in [0.15, 0.2) is 59.8 Å². The Kier molecular flexibility index (Phi) is 6.98. The lowest BCUT2D eigenvalue weighted by Gasteiger charge is -2.13. The second-order valence-corrected chi connectivity index (χ2v) is 6.09. The van der Waals surface area contributed by atoms with Crippen LogP contribution in [0.1, 0.15) is 6.92 Å². The van der Waals surface area contributed by atoms with Gasteiger partial charge in [0.25, 0.3) is 10.9 Å². The number of nitrogens with one attached hydrogen (secondary N) is 2. The molecule has 0 bridgehead atoms. The van der Waals surface area contributed by atoms with E-state index in [0.717, 1.165) is 11.8 Å². The summed E-state index contributed by atoms with van der Waals surface area (Å²) >= 11 is 0.989. The Bertz CT molecular complexity index is 785. The number of carbonyl (C=O) groups excluding carboxylic acids is 3. The Morgan fingerprint density at radius 2 is 1.85 bits per heavy atom. The lowest BCUT2D eigenvalue weighted by molar-refractivity contribution is -0.645. The largest absolute Gasteiger partial charge is 0.618 e. The van der Waals surface area contributed by atoms with Crippen LogP contribution in [0.5, 0.6) is 0 Å². The highest BCUT2D eigenvalue weighted by atomic mass is 32.2. The van der Waals surface area contributed by atoms with E-state index in [-0.39, 0.29) is 5.75 Å². The van der Waals surface area contributed by atoms with Crippen molar-refractivity contribution < 1.29 is 23.9 Å². The molecule has 1 heterocycles. The number of nitrogens with zero attached hydrogens (tertiary/aromatic N) is 1. The number of hydrogen-bond donors (Lipinski definition) is 2. The smallest absolute Gasteiger partial charge is 0.325 e. The van der Waals surface area contributed by atoms with Gasteiger partial charge >= 0.3 is 12.0 Å². The number of pyridine rings is 1. The first-order chi connectivity index (χ1) is 12.5. The molecule has 1 aromatic carbocycles. The summed E-state index contributed by atoms with van der Waals surface area (Å²) in [6.45, 7) is 1.35. The molecule has 3 amide bonds. The maximum atomic E-state index is 11.9. The number of rotatable bonds is 6. The van der Waals surface area contributed by atoms with Crippen LogP contribution in [-0.4, -0.2) is 29.8 Å². The number of para-hydroxylation sites is 1. The van der Waals surface area contributed by atoms with Gasteiger partial charge in [0.1, 0.15) is 5.75 Å². The fourth-order valence-corrected chi connectivity index (χ4v) is 2.54. The van der Waals surface area contributed by atoms with Gasteiger partial charge in [0, 0.05) is 17.8 Å². The molecule has 8 nitrogen and oxygen atoms in total. The molecule has 26 heavy (non-hydrogen) atoms. The zero-order valence-corrected chi connectivity index (χ0v) is 14.7. The number of esters is 1. The fraction of sp³-hybridized carbons (Fsp3) is 0.176. The first-order valence-corrected chi connectivity index (χ1v) is 8.61. The standard InChI is InChI=1S/C17H17N3O5S/c1-12(16(22)19-17(23)18-13-7-3-2-4-8-13)25-15(21)11-26-14-9-5-6-10-20(14)24/h2-10,12H,11H2,1H3,(H2,18,19,22,23). The Morgan fingerprint density at radius 3 is 2.54 bits per heavy atom. The second-order valence-electron chi connectivity index (χ2n) is 5.09. The van der Waals surface area contributed by atoms with Gasteiger partial charge < -0.3 is 15.3 Å². The predicted octanol–water partition coefficient (Wildman–Crippen LogP) is 1.69. The molecule has 0 radical (unpaired) electrons. The molecule has 1 aromatic heterocycles. The van der Waals surface area contributed by atoms with Crippen molar-refractivity contribution in [1.82, 2.24) is 5.32 Å². The molecule has 2 aromatic rings. The maximum Gasteiger partial charge on any atom is 0.325 e. The fourth-order valence-electron chi connectivity index (χ4n) is 1.84. The van der Waals surface area contributed by atoms with Gasteiger partial charge in [-0.05, 0) is 36.9 Å². The number of urea groups is 1. The summed E-state index contributed by atoms with van der Waals surface area (Å²) in [5.41, 5.74) is 0.521. The molecule has 0 fully saturated rings. The second kappa shape index (κ2) is 9.42. The van der Waals surface area contributed by atoms with Crippen LogP contribution < -0.4 is 15.4 Å². The number of benzene rings is 1. The minimum atomic E-state index is -1.15. The number of thioether (sulfide) groups is 1. The summed E-state index contributed by atoms with van der Waals surface area (Å²) < 4.78 is 5.59. The summed E-state index contributed by atoms with van der Waals surface area (Å²) in [5, 5.41) is 16.4. The highest BCUT2D eigenvalue weighted by molar-refractivity contribution is 7.99. The highest BCUT2D eigenvalue weighted by Crippen LogP contribution is 2.13. The third-order valence-corrected chi connectivity index (χ3v) is 4.06. The molecule has 0 spiro atoms. The SMILES string of the molecule is CC(OC(=O)CSc1cccc[n+]1[O-])C(=O)NC(=O)Nc1ccccc1. The first kappa shape index (κ1) is 19.3. The van der Waals surface area contributed by atoms with Crippen LogP contribution >= 0.6 is 11.8 Å². The third-order valence-electron chi connectivity index (χ3n) is 3.07. The summed E-state index contributed by atoms with van der Waals surface area (Å²) in [5.74, 6) is -1.57. The van der Waals surface area contributed by atoms with E-state index in [1.165, 1.54) is 13.1 Å². The van der Waals surface area contributed by atoms with Gasteiger partial charge in [-0.15, -0.1) is 0 Å². The number of anilines is 1. The third kappa shape index (κ3) is 6.10. The normalized spacial score (nSPS) is 11.3. The Balaban J connectivity index is 1.76. The molecule has 0 aliphatic heterocycles. The van der Waals surface area contributed by atoms with Crippen molar-refractivity contribution in [2.24, 2.45) is 0 Å². The summed E-state index contributed by atoms with van der Waals surface area (Å²) in [6.07, 6.45) is 0.162. The van der Waals surface area contributed by atoms with Gasteiger partial charge in [-0.25, -0.2) is 4.79 Å². The lowest BCUT2D eigenvalue weighted by Crippen LogP contribution is -2.41. The summed E-state index contributed by atoms with van der Waals surface area (Å²) in [6, 6.07) is 12.7. The molecule has 0 saturated heterocycles. The minimum absolute atomic E-state index is 0.139. The zero-order chi connectivity index (χ0) is 18.9. The van der Waals surface area contributed by atoms with E-state index in [1.807, 2.05) is 0 Å². The predicted molar refractivity (Wildman–Crippen MR) is 95.3 cm³/mol. The summed E-state index contributed by atoms with van der Waals surface area (Å²) in [4.78, 5) is 35.4. The molecule has 1 unspecified atom stereocenters. The molecule has 1 atom stereocenters. The van der Waals surface area contributed by atoms with Crippen molar-refractivity contribution in [3.8, 4) is 0 Å². The van der Waals surface area contributed by atoms with Gasteiger partial charge in [0.05, 0.1) is 0 Å². The Labute approximate surface area is 154 Å². The van der Waals surface area contributed by atoms with E-state index in [0.29, 0.717) is 15.4 Å². The van der Waals surface area contributed by atoms with E-state index < -0.39 is 24.0 Å². The molecule has 9 heteroatoms. The van der Waals surface area contributed by atoms with Crippen LogP contribution in [-0.2, 0) is 14.3 Å². The molecule has 0 saturated carbocycles. The molecule has 0 aliphatic carbocycles. The van der Waals surface area contributed by atoms with E-state index in [9.17, 15) is 19.6 Å². The average molecular weight is 375 g/mol. The number of amides is 3. The number of aromatic nitrogens is 1. The van der Waals surface area contributed by atoms with Crippen LogP contribution in [0.3, 0.4) is 0 Å². The van der Waals surface area contributed by atoms with Gasteiger partial charge in [-0.3, -0.25) is 14.9 Å². The van der Waals surface area contributed by atoms with E-state index in [4.69, 9.17) is 4.74 Å². The van der Waals surface area contributed by atoms with Crippen molar-refractivity contribution in [3.05, 3.63) is 59.9 Å². The monoisotopic (exact) mass is 375 g/mol. The van der Waals surface area contributed by atoms with Crippen molar-refractivity contribution in [3.63, 3.8) is 0 Å². The molecule has 2 N–H and O–H groups in total. The van der Waals surface area contributed by atoms with Gasteiger partial charge in [-0.2, -0.15) is 4.73 Å². The topological polar surface area (TPSA) is 111 Å². The van der Waals surface area contributed by atoms with Crippen LogP contribution in [0.4, 0.5) is 10.5 Å². The van der Waals surface area contributed by atoms with Crippen LogP contribution in [0.25, 0.3) is 0 Å². The highest BCUT2D eigenvalue weighted by Gasteiger charge is 2.20. The van der Waals surface area contributed by atoms with Crippen molar-refractivity contribution >= 4 is 35.4 Å². The van der Waals surface area contributed by atoms with Gasteiger partial charge in [0.15, 0.2) is 12.3 Å². The first-order valence-electron chi connectivity index (χ1n) is 7.63. The Hall–Kier alpha value is -3.07. The van der Waals surface area contributed by atoms with Gasteiger partial charge in [0.2, 0.25) is 0 Å². The molecule has 0 aliphatic rings.